The van der Waals surface area contributed by atoms with Crippen LogP contribution in [0.4, 0.5) is 5.69 Å². The molecule has 0 fully saturated rings. The zero-order chi connectivity index (χ0) is 19.0. The maximum atomic E-state index is 13.0. The molecule has 1 aliphatic heterocycles. The Morgan fingerprint density at radius 1 is 0.926 bits per heavy atom. The highest BCUT2D eigenvalue weighted by Crippen LogP contribution is 2.43. The van der Waals surface area contributed by atoms with E-state index in [0.717, 1.165) is 27.6 Å². The van der Waals surface area contributed by atoms with Crippen molar-refractivity contribution in [3.63, 3.8) is 0 Å². The fraction of sp³-hybridized carbons (Fsp3) is 0.227. The van der Waals surface area contributed by atoms with Gasteiger partial charge in [0.05, 0.1) is 27.4 Å². The van der Waals surface area contributed by atoms with E-state index in [1.54, 1.807) is 21.3 Å². The summed E-state index contributed by atoms with van der Waals surface area (Å²) in [6.07, 6.45) is 0.361. The van der Waals surface area contributed by atoms with Crippen molar-refractivity contribution in [3.05, 3.63) is 59.7 Å². The molecule has 5 nitrogen and oxygen atoms in total. The fourth-order valence-electron chi connectivity index (χ4n) is 3.72. The summed E-state index contributed by atoms with van der Waals surface area (Å²) in [6.45, 7) is 0. The van der Waals surface area contributed by atoms with Gasteiger partial charge < -0.3 is 19.5 Å². The third-order valence-electron chi connectivity index (χ3n) is 5.02. The summed E-state index contributed by atoms with van der Waals surface area (Å²) in [5, 5.41) is 5.55. The average molecular weight is 363 g/mol. The number of fused-ring (bicyclic) bond motifs is 3. The maximum absolute atomic E-state index is 13.0. The van der Waals surface area contributed by atoms with E-state index in [0.29, 0.717) is 23.7 Å². The third kappa shape index (κ3) is 2.85. The van der Waals surface area contributed by atoms with Gasteiger partial charge in [-0.3, -0.25) is 4.79 Å². The summed E-state index contributed by atoms with van der Waals surface area (Å²) in [7, 11) is 4.74. The molecule has 5 heteroatoms. The number of methoxy groups -OCH3 is 3. The summed E-state index contributed by atoms with van der Waals surface area (Å²) >= 11 is 0. The summed E-state index contributed by atoms with van der Waals surface area (Å²) in [4.78, 5) is 13.0. The summed E-state index contributed by atoms with van der Waals surface area (Å²) < 4.78 is 16.3. The Morgan fingerprint density at radius 2 is 1.63 bits per heavy atom. The zero-order valence-corrected chi connectivity index (χ0v) is 15.5. The van der Waals surface area contributed by atoms with Crippen LogP contribution in [0, 0.1) is 0 Å². The van der Waals surface area contributed by atoms with Gasteiger partial charge in [-0.15, -0.1) is 0 Å². The normalized spacial score (nSPS) is 15.8. The Balaban J connectivity index is 1.78. The van der Waals surface area contributed by atoms with Crippen molar-refractivity contribution in [2.45, 2.75) is 12.5 Å². The number of ketones is 1. The highest BCUT2D eigenvalue weighted by Gasteiger charge is 2.28. The van der Waals surface area contributed by atoms with Crippen LogP contribution in [0.5, 0.6) is 17.2 Å². The summed E-state index contributed by atoms with van der Waals surface area (Å²) in [5.41, 5.74) is 2.53. The fourth-order valence-corrected chi connectivity index (χ4v) is 3.72. The first kappa shape index (κ1) is 17.2. The first-order valence-corrected chi connectivity index (χ1v) is 8.77. The molecule has 0 saturated heterocycles. The molecule has 0 saturated carbocycles. The molecule has 0 aromatic heterocycles. The monoisotopic (exact) mass is 363 g/mol. The van der Waals surface area contributed by atoms with Crippen LogP contribution in [0.15, 0.2) is 48.5 Å². The van der Waals surface area contributed by atoms with Crippen LogP contribution in [-0.4, -0.2) is 27.1 Å². The lowest BCUT2D eigenvalue weighted by molar-refractivity contribution is 0.0974. The minimum atomic E-state index is -0.167. The van der Waals surface area contributed by atoms with Crippen LogP contribution >= 0.6 is 0 Å². The summed E-state index contributed by atoms with van der Waals surface area (Å²) in [5.74, 6) is 1.81. The number of carbonyl (C=O) groups is 1. The highest BCUT2D eigenvalue weighted by molar-refractivity contribution is 6.14. The first-order valence-electron chi connectivity index (χ1n) is 8.77. The highest BCUT2D eigenvalue weighted by atomic mass is 16.5. The molecule has 3 aromatic carbocycles. The second kappa shape index (κ2) is 6.83. The smallest absolute Gasteiger partial charge is 0.203 e. The average Bonchev–Trinajstić information content (AvgIpc) is 2.71. The largest absolute Gasteiger partial charge is 0.493 e. The van der Waals surface area contributed by atoms with Gasteiger partial charge in [-0.1, -0.05) is 30.3 Å². The number of anilines is 1. The van der Waals surface area contributed by atoms with Crippen LogP contribution in [0.25, 0.3) is 10.8 Å². The van der Waals surface area contributed by atoms with Crippen molar-refractivity contribution in [2.24, 2.45) is 0 Å². The van der Waals surface area contributed by atoms with Crippen molar-refractivity contribution in [3.8, 4) is 17.2 Å². The first-order chi connectivity index (χ1) is 13.2. The molecule has 0 spiro atoms. The molecule has 138 valence electrons. The molecule has 1 aliphatic rings. The second-order valence-corrected chi connectivity index (χ2v) is 6.49. The van der Waals surface area contributed by atoms with Crippen molar-refractivity contribution in [2.75, 3.05) is 26.6 Å². The van der Waals surface area contributed by atoms with Crippen molar-refractivity contribution < 1.29 is 19.0 Å². The van der Waals surface area contributed by atoms with E-state index in [1.165, 1.54) is 0 Å². The Morgan fingerprint density at radius 3 is 2.30 bits per heavy atom. The SMILES string of the molecule is COc1cc(C2CC(=O)c3c(ccc4ccccc34)N2)cc(OC)c1OC. The molecule has 1 atom stereocenters. The number of nitrogens with one attached hydrogen (secondary N) is 1. The Hall–Kier alpha value is -3.21. The minimum absolute atomic E-state index is 0.124. The van der Waals surface area contributed by atoms with E-state index in [9.17, 15) is 4.79 Å². The van der Waals surface area contributed by atoms with Gasteiger partial charge in [-0.25, -0.2) is 0 Å². The molecule has 3 aromatic rings. The van der Waals surface area contributed by atoms with Gasteiger partial charge in [0.25, 0.3) is 0 Å². The van der Waals surface area contributed by atoms with Crippen LogP contribution in [0.2, 0.25) is 0 Å². The number of ether oxygens (including phenoxy) is 3. The van der Waals surface area contributed by atoms with E-state index in [2.05, 4.69) is 5.32 Å². The number of hydrogen-bond donors (Lipinski definition) is 1. The Kier molecular flexibility index (Phi) is 4.36. The second-order valence-electron chi connectivity index (χ2n) is 6.49. The van der Waals surface area contributed by atoms with E-state index in [4.69, 9.17) is 14.2 Å². The number of hydrogen-bond acceptors (Lipinski definition) is 5. The zero-order valence-electron chi connectivity index (χ0n) is 15.5. The molecule has 27 heavy (non-hydrogen) atoms. The van der Waals surface area contributed by atoms with Crippen molar-refractivity contribution in [1.29, 1.82) is 0 Å². The topological polar surface area (TPSA) is 56.8 Å². The lowest BCUT2D eigenvalue weighted by Gasteiger charge is -2.28. The van der Waals surface area contributed by atoms with Crippen LogP contribution in [0.3, 0.4) is 0 Å². The van der Waals surface area contributed by atoms with E-state index in [1.807, 2.05) is 48.5 Å². The van der Waals surface area contributed by atoms with Crippen LogP contribution in [-0.2, 0) is 0 Å². The number of rotatable bonds is 4. The lowest BCUT2D eigenvalue weighted by Crippen LogP contribution is -2.23. The van der Waals surface area contributed by atoms with Gasteiger partial charge in [-0.05, 0) is 34.5 Å². The van der Waals surface area contributed by atoms with E-state index in [-0.39, 0.29) is 11.8 Å². The molecule has 0 radical (unpaired) electrons. The molecular formula is C22H21NO4. The Bertz CT molecular complexity index is 1000. The quantitative estimate of drug-likeness (QED) is 0.734. The molecule has 1 unspecified atom stereocenters. The van der Waals surface area contributed by atoms with Gasteiger partial charge in [0.15, 0.2) is 17.3 Å². The van der Waals surface area contributed by atoms with Gasteiger partial charge in [0.2, 0.25) is 5.75 Å². The van der Waals surface area contributed by atoms with Gasteiger partial charge in [0.1, 0.15) is 0 Å². The van der Waals surface area contributed by atoms with Gasteiger partial charge >= 0.3 is 0 Å². The van der Waals surface area contributed by atoms with Gasteiger partial charge in [-0.2, -0.15) is 0 Å². The Labute approximate surface area is 157 Å². The van der Waals surface area contributed by atoms with E-state index < -0.39 is 0 Å². The van der Waals surface area contributed by atoms with Gasteiger partial charge in [0, 0.05) is 17.7 Å². The maximum Gasteiger partial charge on any atom is 0.203 e. The molecule has 4 rings (SSSR count). The van der Waals surface area contributed by atoms with Crippen molar-refractivity contribution >= 4 is 22.2 Å². The molecular weight excluding hydrogens is 342 g/mol. The molecule has 0 amide bonds. The van der Waals surface area contributed by atoms with Crippen LogP contribution in [0.1, 0.15) is 28.4 Å². The number of carbonyl (C=O) groups excluding carboxylic acids is 1. The van der Waals surface area contributed by atoms with Crippen LogP contribution < -0.4 is 19.5 Å². The molecule has 0 bridgehead atoms. The summed E-state index contributed by atoms with van der Waals surface area (Å²) in [6, 6.07) is 15.6. The standard InChI is InChI=1S/C22H21NO4/c1-25-19-10-14(11-20(26-2)22(19)27-3)17-12-18(24)21-15-7-5-4-6-13(15)8-9-16(21)23-17/h4-11,17,23H,12H2,1-3H3. The van der Waals surface area contributed by atoms with E-state index >= 15 is 0 Å². The lowest BCUT2D eigenvalue weighted by atomic mass is 9.89. The number of benzene rings is 3. The molecule has 1 N–H and O–H groups in total. The third-order valence-corrected chi connectivity index (χ3v) is 5.02. The predicted octanol–water partition coefficient (Wildman–Crippen LogP) is 4.61. The number of Topliss-reactive ketones (excluding diaryl/α,β-unsaturated/α-hetero) is 1. The predicted molar refractivity (Wildman–Crippen MR) is 105 cm³/mol. The molecule has 0 aliphatic carbocycles. The molecule has 1 heterocycles. The van der Waals surface area contributed by atoms with Crippen molar-refractivity contribution in [1.82, 2.24) is 0 Å². The minimum Gasteiger partial charge on any atom is -0.493 e.